The summed E-state index contributed by atoms with van der Waals surface area (Å²) in [5, 5.41) is 3.19. The van der Waals surface area contributed by atoms with Crippen LogP contribution in [0.25, 0.3) is 4.85 Å². The molecule has 1 fully saturated rings. The molecule has 2 aromatic rings. The number of carbonyl (C=O) groups is 1. The van der Waals surface area contributed by atoms with E-state index in [0.717, 1.165) is 11.1 Å². The highest BCUT2D eigenvalue weighted by Crippen LogP contribution is 2.29. The SMILES string of the molecule is [C-]#[N+]C(NCc1ccccc1)[C@H]1C[C@H](OS(=O)(=O)c2ccc(C)cc2)CN1C(=O)OC(C)(C)C. The Bertz CT molecular complexity index is 1120. The molecule has 1 saturated heterocycles. The number of nitrogens with one attached hydrogen (secondary N) is 1. The van der Waals surface area contributed by atoms with Crippen molar-refractivity contribution in [3.05, 3.63) is 77.1 Å². The third kappa shape index (κ3) is 6.79. The predicted octanol–water partition coefficient (Wildman–Crippen LogP) is 4.11. The number of likely N-dealkylation sites (tertiary alicyclic amines) is 1. The Kier molecular flexibility index (Phi) is 7.97. The fourth-order valence-electron chi connectivity index (χ4n) is 3.75. The van der Waals surface area contributed by atoms with E-state index in [1.807, 2.05) is 37.3 Å². The van der Waals surface area contributed by atoms with Gasteiger partial charge in [0.15, 0.2) is 0 Å². The Morgan fingerprint density at radius 2 is 1.82 bits per heavy atom. The lowest BCUT2D eigenvalue weighted by Crippen LogP contribution is -2.48. The number of aryl methyl sites for hydroxylation is 1. The van der Waals surface area contributed by atoms with E-state index in [0.29, 0.717) is 6.54 Å². The van der Waals surface area contributed by atoms with Gasteiger partial charge in [-0.05, 0) is 45.4 Å². The second-order valence-electron chi connectivity index (χ2n) is 9.36. The summed E-state index contributed by atoms with van der Waals surface area (Å²) in [5.41, 5.74) is 1.19. The van der Waals surface area contributed by atoms with Crippen LogP contribution in [0.2, 0.25) is 0 Å². The fourth-order valence-corrected chi connectivity index (χ4v) is 4.83. The van der Waals surface area contributed by atoms with E-state index in [9.17, 15) is 13.2 Å². The van der Waals surface area contributed by atoms with E-state index in [-0.39, 0.29) is 17.9 Å². The highest BCUT2D eigenvalue weighted by molar-refractivity contribution is 7.86. The molecule has 3 atom stereocenters. The maximum absolute atomic E-state index is 13.0. The first-order valence-corrected chi connectivity index (χ1v) is 12.5. The van der Waals surface area contributed by atoms with Crippen LogP contribution in [0.5, 0.6) is 0 Å². The van der Waals surface area contributed by atoms with Crippen molar-refractivity contribution in [2.45, 2.75) is 69.5 Å². The van der Waals surface area contributed by atoms with Gasteiger partial charge in [-0.15, -0.1) is 0 Å². The maximum atomic E-state index is 13.0. The lowest BCUT2D eigenvalue weighted by atomic mass is 10.1. The second kappa shape index (κ2) is 10.6. The zero-order valence-electron chi connectivity index (χ0n) is 19.9. The van der Waals surface area contributed by atoms with Gasteiger partial charge in [-0.1, -0.05) is 48.0 Å². The van der Waals surface area contributed by atoms with Crippen LogP contribution in [-0.4, -0.2) is 49.9 Å². The quantitative estimate of drug-likeness (QED) is 0.469. The standard InChI is InChI=1S/C25H31N3O5S/c1-18-11-13-21(14-12-18)34(30,31)33-20-15-22(28(17-20)24(29)32-25(2,3)4)23(26-5)27-16-19-9-7-6-8-10-19/h6-14,20,22-23,27H,15-17H2,1-4H3/t20-,22+,23?/m0/s1. The predicted molar refractivity (Wildman–Crippen MR) is 128 cm³/mol. The lowest BCUT2D eigenvalue weighted by Gasteiger charge is -2.28. The van der Waals surface area contributed by atoms with Gasteiger partial charge in [0.05, 0.1) is 17.5 Å². The van der Waals surface area contributed by atoms with E-state index >= 15 is 0 Å². The van der Waals surface area contributed by atoms with Crippen LogP contribution in [0.4, 0.5) is 4.79 Å². The van der Waals surface area contributed by atoms with Gasteiger partial charge in [0.1, 0.15) is 11.6 Å². The highest BCUT2D eigenvalue weighted by atomic mass is 32.2. The first-order valence-electron chi connectivity index (χ1n) is 11.1. The molecule has 2 aromatic carbocycles. The maximum Gasteiger partial charge on any atom is 0.410 e. The zero-order chi connectivity index (χ0) is 24.9. The average molecular weight is 486 g/mol. The number of benzene rings is 2. The number of amides is 1. The fraction of sp³-hybridized carbons (Fsp3) is 0.440. The smallest absolute Gasteiger partial charge is 0.410 e. The van der Waals surface area contributed by atoms with Crippen LogP contribution >= 0.6 is 0 Å². The molecule has 1 heterocycles. The van der Waals surface area contributed by atoms with Gasteiger partial charge in [0, 0.05) is 13.0 Å². The van der Waals surface area contributed by atoms with Gasteiger partial charge >= 0.3 is 6.09 Å². The number of carbonyl (C=O) groups excluding carboxylic acids is 1. The third-order valence-electron chi connectivity index (χ3n) is 5.37. The molecule has 0 spiro atoms. The van der Waals surface area contributed by atoms with Gasteiger partial charge in [-0.2, -0.15) is 8.42 Å². The van der Waals surface area contributed by atoms with Crippen LogP contribution < -0.4 is 5.32 Å². The molecule has 1 aliphatic rings. The molecule has 0 bridgehead atoms. The van der Waals surface area contributed by atoms with Gasteiger partial charge < -0.3 is 4.74 Å². The van der Waals surface area contributed by atoms with Crippen molar-refractivity contribution in [3.63, 3.8) is 0 Å². The molecular weight excluding hydrogens is 454 g/mol. The minimum absolute atomic E-state index is 0.00368. The van der Waals surface area contributed by atoms with Crippen LogP contribution in [-0.2, 0) is 25.6 Å². The second-order valence-corrected chi connectivity index (χ2v) is 10.9. The van der Waals surface area contributed by atoms with Gasteiger partial charge in [-0.3, -0.25) is 13.9 Å². The molecule has 0 saturated carbocycles. The number of rotatable bonds is 7. The summed E-state index contributed by atoms with van der Waals surface area (Å²) in [6, 6.07) is 15.4. The van der Waals surface area contributed by atoms with E-state index < -0.39 is 40.1 Å². The summed E-state index contributed by atoms with van der Waals surface area (Å²) in [5.74, 6) is 0. The largest absolute Gasteiger partial charge is 0.444 e. The molecule has 1 aliphatic heterocycles. The molecule has 1 N–H and O–H groups in total. The molecule has 8 nitrogen and oxygen atoms in total. The van der Waals surface area contributed by atoms with Crippen LogP contribution in [0.1, 0.15) is 38.3 Å². The summed E-state index contributed by atoms with van der Waals surface area (Å²) in [6.07, 6.45) is -1.99. The van der Waals surface area contributed by atoms with Crippen molar-refractivity contribution < 1.29 is 22.1 Å². The lowest BCUT2D eigenvalue weighted by molar-refractivity contribution is 0.0195. The molecule has 3 rings (SSSR count). The van der Waals surface area contributed by atoms with Crippen molar-refractivity contribution in [2.24, 2.45) is 0 Å². The highest BCUT2D eigenvalue weighted by Gasteiger charge is 2.46. The molecule has 0 radical (unpaired) electrons. The number of hydrogen-bond acceptors (Lipinski definition) is 6. The van der Waals surface area contributed by atoms with Crippen molar-refractivity contribution in [1.29, 1.82) is 0 Å². The van der Waals surface area contributed by atoms with Crippen molar-refractivity contribution in [1.82, 2.24) is 10.2 Å². The monoisotopic (exact) mass is 485 g/mol. The van der Waals surface area contributed by atoms with Crippen LogP contribution in [0.3, 0.4) is 0 Å². The summed E-state index contributed by atoms with van der Waals surface area (Å²) >= 11 is 0. The van der Waals surface area contributed by atoms with E-state index in [2.05, 4.69) is 10.2 Å². The molecule has 182 valence electrons. The molecule has 0 aliphatic carbocycles. The number of nitrogens with zero attached hydrogens (tertiary/aromatic N) is 2. The van der Waals surface area contributed by atoms with Gasteiger partial charge in [0.25, 0.3) is 16.3 Å². The van der Waals surface area contributed by atoms with Gasteiger partial charge in [-0.25, -0.2) is 16.7 Å². The zero-order valence-corrected chi connectivity index (χ0v) is 20.7. The normalized spacial score (nSPS) is 19.4. The molecule has 9 heteroatoms. The summed E-state index contributed by atoms with van der Waals surface area (Å²) in [7, 11) is -4.03. The minimum atomic E-state index is -4.03. The Hall–Kier alpha value is -2.93. The number of ether oxygens (including phenoxy) is 1. The number of hydrogen-bond donors (Lipinski definition) is 1. The van der Waals surface area contributed by atoms with E-state index in [4.69, 9.17) is 15.5 Å². The molecule has 1 amide bonds. The Morgan fingerprint density at radius 3 is 2.41 bits per heavy atom. The minimum Gasteiger partial charge on any atom is -0.444 e. The Labute approximate surface area is 201 Å². The first-order chi connectivity index (χ1) is 16.0. The van der Waals surface area contributed by atoms with Crippen molar-refractivity contribution in [3.8, 4) is 0 Å². The van der Waals surface area contributed by atoms with Crippen molar-refractivity contribution >= 4 is 16.2 Å². The molecule has 1 unspecified atom stereocenters. The van der Waals surface area contributed by atoms with Crippen LogP contribution in [0.15, 0.2) is 59.5 Å². The van der Waals surface area contributed by atoms with Gasteiger partial charge in [0.2, 0.25) is 0 Å². The molecule has 34 heavy (non-hydrogen) atoms. The third-order valence-corrected chi connectivity index (χ3v) is 6.74. The summed E-state index contributed by atoms with van der Waals surface area (Å²) in [4.78, 5) is 18.1. The van der Waals surface area contributed by atoms with E-state index in [1.54, 1.807) is 32.9 Å². The topological polar surface area (TPSA) is 89.3 Å². The average Bonchev–Trinajstić information content (AvgIpc) is 3.17. The van der Waals surface area contributed by atoms with Crippen molar-refractivity contribution in [2.75, 3.05) is 6.54 Å². The van der Waals surface area contributed by atoms with Crippen LogP contribution in [0, 0.1) is 13.5 Å². The van der Waals surface area contributed by atoms with E-state index in [1.165, 1.54) is 17.0 Å². The summed E-state index contributed by atoms with van der Waals surface area (Å²) in [6.45, 7) is 15.3. The Morgan fingerprint density at radius 1 is 1.18 bits per heavy atom. The Balaban J connectivity index is 1.79. The molecular formula is C25H31N3O5S. The summed E-state index contributed by atoms with van der Waals surface area (Å²) < 4.78 is 36.7. The first kappa shape index (κ1) is 25.7. The molecule has 0 aromatic heterocycles.